The van der Waals surface area contributed by atoms with Crippen LogP contribution >= 0.6 is 11.6 Å². The molecule has 1 aliphatic carbocycles. The number of sulfone groups is 1. The van der Waals surface area contributed by atoms with E-state index >= 15 is 0 Å². The molecule has 0 spiro atoms. The molecular weight excluding hydrogens is 438 g/mol. The SMILES string of the molecule is CC(O)c1cc(S(C)(=O)=O)cc2c1N(Cc1ccc(Cl)cc1)C1C2CC[C@@H]1CC(=O)O. The monoisotopic (exact) mass is 463 g/mol. The first-order valence-corrected chi connectivity index (χ1v) is 12.6. The molecule has 2 N–H and O–H groups in total. The first-order valence-electron chi connectivity index (χ1n) is 10.3. The molecule has 0 amide bonds. The van der Waals surface area contributed by atoms with Gasteiger partial charge in [0.05, 0.1) is 17.4 Å². The maximum absolute atomic E-state index is 12.3. The Balaban J connectivity index is 1.87. The van der Waals surface area contributed by atoms with Gasteiger partial charge in [-0.1, -0.05) is 23.7 Å². The number of aliphatic hydroxyl groups excluding tert-OH is 1. The van der Waals surface area contributed by atoms with Crippen molar-refractivity contribution in [3.63, 3.8) is 0 Å². The molecular formula is C23H26ClNO5S. The molecule has 1 heterocycles. The van der Waals surface area contributed by atoms with Crippen LogP contribution in [0.25, 0.3) is 0 Å². The highest BCUT2D eigenvalue weighted by Crippen LogP contribution is 2.55. The number of benzene rings is 2. The fourth-order valence-corrected chi connectivity index (χ4v) is 6.05. The number of carboxylic acid groups (broad SMARTS) is 1. The molecule has 0 aromatic heterocycles. The summed E-state index contributed by atoms with van der Waals surface area (Å²) in [6, 6.07) is 10.7. The molecule has 3 unspecified atom stereocenters. The average molecular weight is 464 g/mol. The third kappa shape index (κ3) is 4.19. The summed E-state index contributed by atoms with van der Waals surface area (Å²) in [6.45, 7) is 2.16. The Kier molecular flexibility index (Phi) is 5.79. The van der Waals surface area contributed by atoms with Crippen molar-refractivity contribution in [3.8, 4) is 0 Å². The molecule has 1 fully saturated rings. The summed E-state index contributed by atoms with van der Waals surface area (Å²) in [4.78, 5) is 13.9. The van der Waals surface area contributed by atoms with E-state index in [1.807, 2.05) is 24.3 Å². The predicted molar refractivity (Wildman–Crippen MR) is 119 cm³/mol. The van der Waals surface area contributed by atoms with Gasteiger partial charge in [-0.05, 0) is 61.1 Å². The van der Waals surface area contributed by atoms with Gasteiger partial charge in [0, 0.05) is 41.0 Å². The van der Waals surface area contributed by atoms with E-state index in [1.165, 1.54) is 6.26 Å². The van der Waals surface area contributed by atoms with Crippen LogP contribution in [-0.2, 0) is 21.2 Å². The summed E-state index contributed by atoms with van der Waals surface area (Å²) < 4.78 is 24.7. The van der Waals surface area contributed by atoms with Crippen molar-refractivity contribution >= 4 is 33.1 Å². The van der Waals surface area contributed by atoms with Gasteiger partial charge in [-0.3, -0.25) is 4.79 Å². The fraction of sp³-hybridized carbons (Fsp3) is 0.435. The average Bonchev–Trinajstić information content (AvgIpc) is 3.21. The van der Waals surface area contributed by atoms with Gasteiger partial charge in [0.2, 0.25) is 0 Å². The molecule has 0 saturated heterocycles. The molecule has 31 heavy (non-hydrogen) atoms. The zero-order valence-corrected chi connectivity index (χ0v) is 19.0. The number of nitrogens with zero attached hydrogens (tertiary/aromatic N) is 1. The fourth-order valence-electron chi connectivity index (χ4n) is 5.24. The maximum atomic E-state index is 12.3. The van der Waals surface area contributed by atoms with Gasteiger partial charge in [0.15, 0.2) is 9.84 Å². The van der Waals surface area contributed by atoms with Crippen LogP contribution in [0.4, 0.5) is 5.69 Å². The first-order chi connectivity index (χ1) is 14.6. The van der Waals surface area contributed by atoms with Crippen LogP contribution in [0.2, 0.25) is 5.02 Å². The van der Waals surface area contributed by atoms with Crippen molar-refractivity contribution in [2.45, 2.75) is 55.7 Å². The smallest absolute Gasteiger partial charge is 0.303 e. The molecule has 0 bridgehead atoms. The minimum Gasteiger partial charge on any atom is -0.481 e. The Morgan fingerprint density at radius 1 is 1.23 bits per heavy atom. The predicted octanol–water partition coefficient (Wildman–Crippen LogP) is 4.15. The van der Waals surface area contributed by atoms with E-state index in [0.29, 0.717) is 17.1 Å². The number of rotatable bonds is 6. The maximum Gasteiger partial charge on any atom is 0.303 e. The van der Waals surface area contributed by atoms with Crippen LogP contribution < -0.4 is 4.90 Å². The summed E-state index contributed by atoms with van der Waals surface area (Å²) in [5.41, 5.74) is 3.31. The van der Waals surface area contributed by atoms with Gasteiger partial charge < -0.3 is 15.1 Å². The zero-order valence-electron chi connectivity index (χ0n) is 17.5. The molecule has 1 aliphatic heterocycles. The zero-order chi connectivity index (χ0) is 22.5. The minimum atomic E-state index is -3.46. The van der Waals surface area contributed by atoms with Crippen LogP contribution in [0.15, 0.2) is 41.3 Å². The van der Waals surface area contributed by atoms with Crippen molar-refractivity contribution in [1.29, 1.82) is 0 Å². The van der Waals surface area contributed by atoms with Crippen molar-refractivity contribution < 1.29 is 23.4 Å². The molecule has 2 aromatic rings. The highest BCUT2D eigenvalue weighted by atomic mass is 35.5. The Morgan fingerprint density at radius 2 is 1.90 bits per heavy atom. The van der Waals surface area contributed by atoms with E-state index < -0.39 is 21.9 Å². The molecule has 2 aliphatic rings. The molecule has 166 valence electrons. The largest absolute Gasteiger partial charge is 0.481 e. The van der Waals surface area contributed by atoms with Gasteiger partial charge in [-0.25, -0.2) is 8.42 Å². The normalized spacial score (nSPS) is 23.5. The second-order valence-electron chi connectivity index (χ2n) is 8.69. The Morgan fingerprint density at radius 3 is 2.48 bits per heavy atom. The number of halogens is 1. The standard InChI is InChI=1S/C23H26ClNO5S/c1-13(26)19-10-17(31(2,29)30)11-20-18-8-5-15(9-21(27)28)22(18)25(23(19)20)12-14-3-6-16(24)7-4-14/h3-4,6-7,10-11,13,15,18,22,26H,5,8-9,12H2,1-2H3,(H,27,28)/t13?,15-,18?,22?/m1/s1. The van der Waals surface area contributed by atoms with Crippen LogP contribution in [-0.4, -0.2) is 36.9 Å². The van der Waals surface area contributed by atoms with Crippen molar-refractivity contribution in [2.24, 2.45) is 5.92 Å². The number of carbonyl (C=O) groups is 1. The van der Waals surface area contributed by atoms with E-state index in [9.17, 15) is 23.4 Å². The lowest BCUT2D eigenvalue weighted by atomic mass is 9.92. The summed E-state index contributed by atoms with van der Waals surface area (Å²) in [7, 11) is -3.46. The Bertz CT molecular complexity index is 1110. The third-order valence-electron chi connectivity index (χ3n) is 6.51. The highest BCUT2D eigenvalue weighted by Gasteiger charge is 2.49. The minimum absolute atomic E-state index is 0.0332. The van der Waals surface area contributed by atoms with Gasteiger partial charge in [-0.2, -0.15) is 0 Å². The lowest BCUT2D eigenvalue weighted by Gasteiger charge is -2.33. The number of fused-ring (bicyclic) bond motifs is 3. The highest BCUT2D eigenvalue weighted by molar-refractivity contribution is 7.90. The Labute approximate surface area is 187 Å². The summed E-state index contributed by atoms with van der Waals surface area (Å²) in [5.74, 6) is -0.850. The molecule has 4 atom stereocenters. The number of aliphatic hydroxyl groups is 1. The number of hydrogen-bond acceptors (Lipinski definition) is 5. The van der Waals surface area contributed by atoms with Gasteiger partial charge in [-0.15, -0.1) is 0 Å². The van der Waals surface area contributed by atoms with E-state index in [4.69, 9.17) is 11.6 Å². The number of hydrogen-bond donors (Lipinski definition) is 2. The number of anilines is 1. The molecule has 4 rings (SSSR count). The molecule has 8 heteroatoms. The summed E-state index contributed by atoms with van der Waals surface area (Å²) in [5, 5.41) is 20.6. The van der Waals surface area contributed by atoms with Crippen molar-refractivity contribution in [2.75, 3.05) is 11.2 Å². The number of carboxylic acids is 1. The van der Waals surface area contributed by atoms with Gasteiger partial charge in [0.25, 0.3) is 0 Å². The van der Waals surface area contributed by atoms with Gasteiger partial charge in [0.1, 0.15) is 0 Å². The van der Waals surface area contributed by atoms with E-state index in [0.717, 1.165) is 29.7 Å². The van der Waals surface area contributed by atoms with Crippen LogP contribution in [0.1, 0.15) is 54.9 Å². The van der Waals surface area contributed by atoms with Crippen LogP contribution in [0, 0.1) is 5.92 Å². The van der Waals surface area contributed by atoms with Crippen molar-refractivity contribution in [3.05, 3.63) is 58.1 Å². The second-order valence-corrected chi connectivity index (χ2v) is 11.1. The van der Waals surface area contributed by atoms with E-state index in [-0.39, 0.29) is 29.2 Å². The summed E-state index contributed by atoms with van der Waals surface area (Å²) >= 11 is 6.04. The van der Waals surface area contributed by atoms with E-state index in [2.05, 4.69) is 4.90 Å². The molecule has 0 radical (unpaired) electrons. The molecule has 2 aromatic carbocycles. The third-order valence-corrected chi connectivity index (χ3v) is 7.86. The number of aliphatic carboxylic acids is 1. The van der Waals surface area contributed by atoms with E-state index in [1.54, 1.807) is 19.1 Å². The van der Waals surface area contributed by atoms with Crippen molar-refractivity contribution in [1.82, 2.24) is 0 Å². The van der Waals surface area contributed by atoms with Crippen LogP contribution in [0.3, 0.4) is 0 Å². The van der Waals surface area contributed by atoms with Crippen LogP contribution in [0.5, 0.6) is 0 Å². The second kappa shape index (κ2) is 8.11. The summed E-state index contributed by atoms with van der Waals surface area (Å²) in [6.07, 6.45) is 1.93. The quantitative estimate of drug-likeness (QED) is 0.668. The lowest BCUT2D eigenvalue weighted by molar-refractivity contribution is -0.138. The first kappa shape index (κ1) is 22.1. The Hall–Kier alpha value is -2.09. The molecule has 1 saturated carbocycles. The lowest BCUT2D eigenvalue weighted by Crippen LogP contribution is -2.37. The topological polar surface area (TPSA) is 94.9 Å². The van der Waals surface area contributed by atoms with Gasteiger partial charge >= 0.3 is 5.97 Å². The molecule has 6 nitrogen and oxygen atoms in total.